The van der Waals surface area contributed by atoms with Gasteiger partial charge in [0, 0.05) is 16.8 Å². The number of benzene rings is 1. The van der Waals surface area contributed by atoms with E-state index in [-0.39, 0.29) is 0 Å². The highest BCUT2D eigenvalue weighted by atomic mass is 32.1. The van der Waals surface area contributed by atoms with Gasteiger partial charge in [-0.15, -0.1) is 12.6 Å². The lowest BCUT2D eigenvalue weighted by atomic mass is 9.95. The van der Waals surface area contributed by atoms with Crippen LogP contribution in [-0.2, 0) is 0 Å². The van der Waals surface area contributed by atoms with Gasteiger partial charge in [-0.1, -0.05) is 30.3 Å². The van der Waals surface area contributed by atoms with E-state index in [0.29, 0.717) is 5.71 Å². The molecule has 0 radical (unpaired) electrons. The minimum absolute atomic E-state index is 0.450. The van der Waals surface area contributed by atoms with E-state index >= 15 is 0 Å². The molecule has 1 aromatic rings. The first-order valence-electron chi connectivity index (χ1n) is 5.67. The topological polar surface area (TPSA) is 36.2 Å². The van der Waals surface area contributed by atoms with Crippen molar-refractivity contribution in [1.29, 1.82) is 5.41 Å². The maximum absolute atomic E-state index is 8.33. The van der Waals surface area contributed by atoms with Crippen LogP contribution in [0.25, 0.3) is 0 Å². The summed E-state index contributed by atoms with van der Waals surface area (Å²) in [6.45, 7) is 9.27. The highest BCUT2D eigenvalue weighted by Crippen LogP contribution is 2.24. The highest BCUT2D eigenvalue weighted by molar-refractivity contribution is 7.84. The van der Waals surface area contributed by atoms with Crippen LogP contribution in [0.3, 0.4) is 0 Å². The van der Waals surface area contributed by atoms with Crippen molar-refractivity contribution in [3.8, 4) is 0 Å². The van der Waals surface area contributed by atoms with Gasteiger partial charge in [0.15, 0.2) is 0 Å². The summed E-state index contributed by atoms with van der Waals surface area (Å²) in [6.07, 6.45) is 0. The molecule has 0 unspecified atom stereocenters. The van der Waals surface area contributed by atoms with Crippen molar-refractivity contribution in [3.63, 3.8) is 0 Å². The third-order valence-electron chi connectivity index (χ3n) is 2.83. The third kappa shape index (κ3) is 3.20. The van der Waals surface area contributed by atoms with Crippen LogP contribution in [0.2, 0.25) is 0 Å². The number of hydrogen-bond donors (Lipinski definition) is 2. The molecular weight excluding hydrogens is 240 g/mol. The predicted octanol–water partition coefficient (Wildman–Crippen LogP) is 4.25. The zero-order valence-electron chi connectivity index (χ0n) is 11.0. The zero-order valence-corrected chi connectivity index (χ0v) is 11.9. The molecule has 1 rings (SSSR count). The van der Waals surface area contributed by atoms with Crippen molar-refractivity contribution in [3.05, 3.63) is 57.6 Å². The quantitative estimate of drug-likeness (QED) is 0.460. The first-order chi connectivity index (χ1) is 8.49. The second-order valence-electron chi connectivity index (χ2n) is 4.07. The van der Waals surface area contributed by atoms with Gasteiger partial charge in [-0.25, -0.2) is 0 Å². The van der Waals surface area contributed by atoms with Crippen molar-refractivity contribution >= 4 is 25.1 Å². The molecule has 18 heavy (non-hydrogen) atoms. The van der Waals surface area contributed by atoms with E-state index in [0.717, 1.165) is 27.3 Å². The van der Waals surface area contributed by atoms with Gasteiger partial charge < -0.3 is 0 Å². The lowest BCUT2D eigenvalue weighted by Gasteiger charge is -2.13. The van der Waals surface area contributed by atoms with Crippen molar-refractivity contribution in [1.82, 2.24) is 0 Å². The largest absolute Gasteiger partial charge is 0.300 e. The summed E-state index contributed by atoms with van der Waals surface area (Å²) in [5, 5.41) is 8.33. The fourth-order valence-corrected chi connectivity index (χ4v) is 1.76. The van der Waals surface area contributed by atoms with E-state index in [1.54, 1.807) is 0 Å². The van der Waals surface area contributed by atoms with E-state index in [4.69, 9.17) is 5.41 Å². The second-order valence-corrected chi connectivity index (χ2v) is 4.74. The lowest BCUT2D eigenvalue weighted by Crippen LogP contribution is -2.07. The molecule has 0 aliphatic carbocycles. The Bertz CT molecular complexity index is 521. The van der Waals surface area contributed by atoms with E-state index in [2.05, 4.69) is 24.3 Å². The molecule has 0 saturated carbocycles. The molecule has 1 N–H and O–H groups in total. The molecule has 0 atom stereocenters. The van der Waals surface area contributed by atoms with Gasteiger partial charge in [0.25, 0.3) is 0 Å². The molecule has 1 aromatic carbocycles. The van der Waals surface area contributed by atoms with Gasteiger partial charge in [-0.2, -0.15) is 0 Å². The molecular formula is C15H18N2S. The maximum Gasteiger partial charge on any atom is 0.0705 e. The molecule has 0 aliphatic rings. The van der Waals surface area contributed by atoms with Crippen LogP contribution in [0.5, 0.6) is 0 Å². The van der Waals surface area contributed by atoms with E-state index in [1.165, 1.54) is 0 Å². The Hall–Kier alpha value is -1.61. The highest BCUT2D eigenvalue weighted by Gasteiger charge is 2.14. The van der Waals surface area contributed by atoms with Gasteiger partial charge in [-0.3, -0.25) is 10.4 Å². The molecule has 0 saturated heterocycles. The number of nitrogens with one attached hydrogen (secondary N) is 1. The van der Waals surface area contributed by atoms with Crippen LogP contribution in [-0.4, -0.2) is 12.4 Å². The van der Waals surface area contributed by atoms with E-state index < -0.39 is 0 Å². The SMILES string of the molecule is C=N/C(C)=C(C(=N)c1ccccc1)/C(C)=C(/C)S. The number of allylic oxidation sites excluding steroid dienone is 4. The van der Waals surface area contributed by atoms with Gasteiger partial charge in [0.1, 0.15) is 0 Å². The Kier molecular flexibility index (Phi) is 5.10. The molecule has 0 spiro atoms. The normalized spacial score (nSPS) is 13.6. The first-order valence-corrected chi connectivity index (χ1v) is 6.12. The van der Waals surface area contributed by atoms with Crippen LogP contribution < -0.4 is 0 Å². The summed E-state index contributed by atoms with van der Waals surface area (Å²) in [6, 6.07) is 9.61. The Labute approximate surface area is 114 Å². The molecule has 0 aliphatic heterocycles. The summed E-state index contributed by atoms with van der Waals surface area (Å²) in [5.74, 6) is 0. The smallest absolute Gasteiger partial charge is 0.0705 e. The summed E-state index contributed by atoms with van der Waals surface area (Å²) >= 11 is 4.36. The first kappa shape index (κ1) is 14.5. The van der Waals surface area contributed by atoms with Crippen molar-refractivity contribution in [2.24, 2.45) is 4.99 Å². The van der Waals surface area contributed by atoms with Crippen LogP contribution in [0.4, 0.5) is 0 Å². The van der Waals surface area contributed by atoms with Gasteiger partial charge >= 0.3 is 0 Å². The van der Waals surface area contributed by atoms with Crippen molar-refractivity contribution in [2.75, 3.05) is 0 Å². The number of thiol groups is 1. The Morgan fingerprint density at radius 3 is 2.17 bits per heavy atom. The average molecular weight is 258 g/mol. The van der Waals surface area contributed by atoms with Gasteiger partial charge in [0.05, 0.1) is 5.71 Å². The molecule has 0 aromatic heterocycles. The summed E-state index contributed by atoms with van der Waals surface area (Å²) in [4.78, 5) is 4.84. The lowest BCUT2D eigenvalue weighted by molar-refractivity contribution is 1.24. The van der Waals surface area contributed by atoms with Gasteiger partial charge in [0.2, 0.25) is 0 Å². The summed E-state index contributed by atoms with van der Waals surface area (Å²) in [7, 11) is 0. The molecule has 3 heteroatoms. The molecule has 0 fully saturated rings. The minimum Gasteiger partial charge on any atom is -0.300 e. The van der Waals surface area contributed by atoms with Gasteiger partial charge in [-0.05, 0) is 38.0 Å². The Morgan fingerprint density at radius 2 is 1.72 bits per heavy atom. The minimum atomic E-state index is 0.450. The number of rotatable bonds is 4. The molecule has 0 bridgehead atoms. The number of aliphatic imine (C=N–C) groups is 1. The van der Waals surface area contributed by atoms with Crippen LogP contribution in [0, 0.1) is 5.41 Å². The van der Waals surface area contributed by atoms with Crippen LogP contribution in [0.15, 0.2) is 57.1 Å². The van der Waals surface area contributed by atoms with Crippen molar-refractivity contribution in [2.45, 2.75) is 20.8 Å². The Balaban J connectivity index is 3.36. The monoisotopic (exact) mass is 258 g/mol. The fourth-order valence-electron chi connectivity index (χ4n) is 1.65. The molecule has 2 nitrogen and oxygen atoms in total. The predicted molar refractivity (Wildman–Crippen MR) is 82.9 cm³/mol. The number of hydrogen-bond acceptors (Lipinski definition) is 3. The number of nitrogens with zero attached hydrogens (tertiary/aromatic N) is 1. The zero-order chi connectivity index (χ0) is 13.7. The average Bonchev–Trinajstić information content (AvgIpc) is 2.39. The standard InChI is InChI=1S/C15H18N2S/c1-10(12(3)18)14(11(2)17-4)15(16)13-8-6-5-7-9-13/h5-9,16,18H,4H2,1-3H3/b12-10-,14-11-,16-15?. The molecule has 0 amide bonds. The van der Waals surface area contributed by atoms with E-state index in [1.807, 2.05) is 51.1 Å². The molecule has 94 valence electrons. The summed E-state index contributed by atoms with van der Waals surface area (Å²) in [5.41, 5.74) is 3.81. The molecule has 0 heterocycles. The Morgan fingerprint density at radius 1 is 1.17 bits per heavy atom. The summed E-state index contributed by atoms with van der Waals surface area (Å²) < 4.78 is 0. The third-order valence-corrected chi connectivity index (χ3v) is 3.16. The second kappa shape index (κ2) is 6.36. The fraction of sp³-hybridized carbons (Fsp3) is 0.200. The van der Waals surface area contributed by atoms with Crippen molar-refractivity contribution < 1.29 is 0 Å². The van der Waals surface area contributed by atoms with Crippen LogP contribution >= 0.6 is 12.6 Å². The maximum atomic E-state index is 8.33. The van der Waals surface area contributed by atoms with Crippen LogP contribution in [0.1, 0.15) is 26.3 Å². The van der Waals surface area contributed by atoms with E-state index in [9.17, 15) is 0 Å².